The van der Waals surface area contributed by atoms with E-state index in [1.165, 1.54) is 65.8 Å². The van der Waals surface area contributed by atoms with E-state index in [4.69, 9.17) is 4.74 Å². The van der Waals surface area contributed by atoms with E-state index in [2.05, 4.69) is 115 Å². The summed E-state index contributed by atoms with van der Waals surface area (Å²) >= 11 is 0. The van der Waals surface area contributed by atoms with Crippen LogP contribution in [0.2, 0.25) is 0 Å². The van der Waals surface area contributed by atoms with Crippen molar-refractivity contribution in [2.45, 2.75) is 67.7 Å². The minimum atomic E-state index is 0.528. The summed E-state index contributed by atoms with van der Waals surface area (Å²) < 4.78 is 9.36. The molecular formula is C37H42NO+. The van der Waals surface area contributed by atoms with Gasteiger partial charge in [0.25, 0.3) is 0 Å². The van der Waals surface area contributed by atoms with Crippen LogP contribution in [0.1, 0.15) is 63.8 Å². The largest absolute Gasteiger partial charge is 0.455 e. The molecule has 0 radical (unpaired) electrons. The third-order valence-electron chi connectivity index (χ3n) is 8.33. The molecule has 1 aliphatic heterocycles. The van der Waals surface area contributed by atoms with Crippen LogP contribution in [0.3, 0.4) is 0 Å². The summed E-state index contributed by atoms with van der Waals surface area (Å²) in [5.41, 5.74) is 8.05. The zero-order chi connectivity index (χ0) is 27.6. The van der Waals surface area contributed by atoms with Gasteiger partial charge in [0.05, 0.1) is 10.9 Å². The summed E-state index contributed by atoms with van der Waals surface area (Å²) in [6.45, 7) is 16.1. The molecule has 2 heterocycles. The van der Waals surface area contributed by atoms with Crippen LogP contribution in [0.25, 0.3) is 43.6 Å². The maximum Gasteiger partial charge on any atom is 0.228 e. The summed E-state index contributed by atoms with van der Waals surface area (Å²) in [6.07, 6.45) is 5.41. The maximum atomic E-state index is 7.04. The van der Waals surface area contributed by atoms with Gasteiger partial charge in [-0.15, -0.1) is 0 Å². The first-order valence-corrected chi connectivity index (χ1v) is 14.8. The van der Waals surface area contributed by atoms with Crippen molar-refractivity contribution in [3.63, 3.8) is 0 Å². The van der Waals surface area contributed by atoms with Gasteiger partial charge in [0.1, 0.15) is 18.5 Å². The number of ether oxygens (including phenoxy) is 1. The Morgan fingerprint density at radius 1 is 0.744 bits per heavy atom. The first-order chi connectivity index (χ1) is 18.6. The van der Waals surface area contributed by atoms with Crippen LogP contribution in [-0.2, 0) is 26.3 Å². The molecule has 1 aromatic heterocycles. The highest BCUT2D eigenvalue weighted by atomic mass is 16.5. The first kappa shape index (κ1) is 25.9. The Balaban J connectivity index is 1.74. The van der Waals surface area contributed by atoms with Gasteiger partial charge in [-0.1, -0.05) is 77.9 Å². The molecule has 0 unspecified atom stereocenters. The lowest BCUT2D eigenvalue weighted by molar-refractivity contribution is -0.659. The number of aryl methyl sites for hydroxylation is 2. The van der Waals surface area contributed by atoms with Crippen molar-refractivity contribution < 1.29 is 9.30 Å². The van der Waals surface area contributed by atoms with Crippen molar-refractivity contribution in [2.24, 2.45) is 24.8 Å². The van der Waals surface area contributed by atoms with Gasteiger partial charge in [-0.2, -0.15) is 0 Å². The Morgan fingerprint density at radius 2 is 1.49 bits per heavy atom. The van der Waals surface area contributed by atoms with Crippen LogP contribution in [0, 0.1) is 24.7 Å². The minimum Gasteiger partial charge on any atom is -0.455 e. The van der Waals surface area contributed by atoms with Crippen LogP contribution in [0.15, 0.2) is 54.7 Å². The molecule has 0 spiro atoms. The van der Waals surface area contributed by atoms with Crippen molar-refractivity contribution in [1.82, 2.24) is 0 Å². The van der Waals surface area contributed by atoms with E-state index in [1.807, 2.05) is 0 Å². The third kappa shape index (κ3) is 4.29. The normalized spacial score (nSPS) is 12.8. The molecule has 2 nitrogen and oxygen atoms in total. The van der Waals surface area contributed by atoms with Gasteiger partial charge in [0.15, 0.2) is 6.20 Å². The van der Waals surface area contributed by atoms with Crippen molar-refractivity contribution in [3.05, 3.63) is 77.0 Å². The molecule has 5 aromatic rings. The van der Waals surface area contributed by atoms with Gasteiger partial charge in [-0.25, -0.2) is 4.57 Å². The highest BCUT2D eigenvalue weighted by Gasteiger charge is 2.34. The lowest BCUT2D eigenvalue weighted by atomic mass is 9.84. The maximum absolute atomic E-state index is 7.04. The molecule has 0 bridgehead atoms. The van der Waals surface area contributed by atoms with E-state index in [0.717, 1.165) is 30.8 Å². The monoisotopic (exact) mass is 516 g/mol. The summed E-state index contributed by atoms with van der Waals surface area (Å²) in [7, 11) is 2.19. The minimum absolute atomic E-state index is 0.528. The predicted octanol–water partition coefficient (Wildman–Crippen LogP) is 9.65. The number of nitrogens with zero attached hydrogens (tertiary/aromatic N) is 1. The standard InChI is InChI=1S/C37H42NO/c1-21(2)16-25-12-13-28-30(19-25)24(7)33-36-35-29(14-15-38(36)8)34-26(17-22(3)4)10-9-11-27(34)20-32(35)39-37(33)31(28)18-23(5)6/h9-15,19-23H,16-18H2,1-8H3/q+1. The zero-order valence-electron chi connectivity index (χ0n) is 24.9. The fourth-order valence-corrected chi connectivity index (χ4v) is 6.84. The first-order valence-electron chi connectivity index (χ1n) is 14.8. The Labute approximate surface area is 233 Å². The van der Waals surface area contributed by atoms with Crippen molar-refractivity contribution in [3.8, 4) is 22.8 Å². The van der Waals surface area contributed by atoms with Crippen molar-refractivity contribution in [2.75, 3.05) is 0 Å². The number of aromatic nitrogens is 1. The number of benzene rings is 4. The molecule has 0 aliphatic carbocycles. The molecule has 6 rings (SSSR count). The molecule has 0 saturated heterocycles. The lowest BCUT2D eigenvalue weighted by Gasteiger charge is -2.27. The Kier molecular flexibility index (Phi) is 6.41. The molecule has 0 fully saturated rings. The molecule has 0 N–H and O–H groups in total. The number of fused-ring (bicyclic) bond motifs is 5. The second kappa shape index (κ2) is 9.66. The Bertz CT molecular complexity index is 1760. The number of rotatable bonds is 6. The molecule has 200 valence electrons. The van der Waals surface area contributed by atoms with E-state index in [-0.39, 0.29) is 0 Å². The molecule has 1 aliphatic rings. The van der Waals surface area contributed by atoms with Crippen LogP contribution in [0.5, 0.6) is 11.5 Å². The molecule has 0 amide bonds. The van der Waals surface area contributed by atoms with Crippen LogP contribution in [0.4, 0.5) is 0 Å². The van der Waals surface area contributed by atoms with Gasteiger partial charge >= 0.3 is 0 Å². The van der Waals surface area contributed by atoms with Gasteiger partial charge in [0, 0.05) is 17.0 Å². The molecule has 2 heteroatoms. The predicted molar refractivity (Wildman–Crippen MR) is 166 cm³/mol. The van der Waals surface area contributed by atoms with E-state index >= 15 is 0 Å². The van der Waals surface area contributed by atoms with Crippen molar-refractivity contribution >= 4 is 32.3 Å². The van der Waals surface area contributed by atoms with E-state index in [0.29, 0.717) is 17.8 Å². The van der Waals surface area contributed by atoms with E-state index in [1.54, 1.807) is 0 Å². The number of pyridine rings is 1. The SMILES string of the molecule is Cc1c2c(c(CC(C)C)c3ccc(CC(C)C)cc13)Oc1cc3cccc(CC(C)C)c3c3cc[n+](C)c-2c13. The highest BCUT2D eigenvalue weighted by molar-refractivity contribution is 6.17. The molecule has 0 saturated carbocycles. The topological polar surface area (TPSA) is 13.1 Å². The molecule has 39 heavy (non-hydrogen) atoms. The summed E-state index contributed by atoms with van der Waals surface area (Å²) in [5.74, 6) is 3.80. The second-order valence-electron chi connectivity index (χ2n) is 13.0. The summed E-state index contributed by atoms with van der Waals surface area (Å²) in [4.78, 5) is 0. The van der Waals surface area contributed by atoms with Crippen LogP contribution >= 0.6 is 0 Å². The van der Waals surface area contributed by atoms with Gasteiger partial charge in [0.2, 0.25) is 5.69 Å². The molecular weight excluding hydrogens is 474 g/mol. The zero-order valence-corrected chi connectivity index (χ0v) is 24.9. The van der Waals surface area contributed by atoms with Crippen LogP contribution in [-0.4, -0.2) is 0 Å². The Morgan fingerprint density at radius 3 is 2.21 bits per heavy atom. The fraction of sp³-hybridized carbons (Fsp3) is 0.378. The third-order valence-corrected chi connectivity index (χ3v) is 8.33. The Hall–Kier alpha value is -3.39. The average molecular weight is 517 g/mol. The highest BCUT2D eigenvalue weighted by Crippen LogP contribution is 2.52. The van der Waals surface area contributed by atoms with Gasteiger partial charge in [-0.05, 0) is 88.2 Å². The average Bonchev–Trinajstić information content (AvgIpc) is 2.87. The molecule has 0 atom stereocenters. The smallest absolute Gasteiger partial charge is 0.228 e. The number of hydrogen-bond acceptors (Lipinski definition) is 1. The summed E-state index contributed by atoms with van der Waals surface area (Å²) in [5, 5.41) is 7.89. The van der Waals surface area contributed by atoms with Gasteiger partial charge < -0.3 is 4.74 Å². The molecule has 4 aromatic carbocycles. The summed E-state index contributed by atoms with van der Waals surface area (Å²) in [6, 6.07) is 18.5. The van der Waals surface area contributed by atoms with Crippen molar-refractivity contribution in [1.29, 1.82) is 0 Å². The van der Waals surface area contributed by atoms with E-state index < -0.39 is 0 Å². The fourth-order valence-electron chi connectivity index (χ4n) is 6.84. The van der Waals surface area contributed by atoms with Gasteiger partial charge in [-0.3, -0.25) is 0 Å². The number of hydrogen-bond donors (Lipinski definition) is 0. The van der Waals surface area contributed by atoms with E-state index in [9.17, 15) is 0 Å². The lowest BCUT2D eigenvalue weighted by Crippen LogP contribution is -2.32. The second-order valence-corrected chi connectivity index (χ2v) is 13.0. The van der Waals surface area contributed by atoms with Crippen LogP contribution < -0.4 is 9.30 Å². The quantitative estimate of drug-likeness (QED) is 0.159.